The van der Waals surface area contributed by atoms with Crippen molar-refractivity contribution in [3.05, 3.63) is 12.2 Å². The highest BCUT2D eigenvalue weighted by atomic mass is 16.3. The van der Waals surface area contributed by atoms with Gasteiger partial charge in [-0.05, 0) is 53.1 Å². The number of aliphatic hydroxyl groups excluding tert-OH is 2. The Labute approximate surface area is 116 Å². The first-order valence-corrected chi connectivity index (χ1v) is 6.64. The molecule has 112 valence electrons. The number of hydrogen-bond acceptors (Lipinski definition) is 6. The van der Waals surface area contributed by atoms with E-state index in [9.17, 15) is 10.2 Å². The molecule has 6 heteroatoms. The van der Waals surface area contributed by atoms with Crippen molar-refractivity contribution in [2.45, 2.75) is 38.9 Å². The van der Waals surface area contributed by atoms with Gasteiger partial charge in [-0.1, -0.05) is 0 Å². The fourth-order valence-corrected chi connectivity index (χ4v) is 1.31. The molecule has 0 spiro atoms. The zero-order chi connectivity index (χ0) is 14.7. The summed E-state index contributed by atoms with van der Waals surface area (Å²) in [5.41, 5.74) is 0. The van der Waals surface area contributed by atoms with E-state index in [0.29, 0.717) is 0 Å². The lowest BCUT2D eigenvalue weighted by Gasteiger charge is -2.19. The van der Waals surface area contributed by atoms with Gasteiger partial charge in [-0.2, -0.15) is 0 Å². The lowest BCUT2D eigenvalue weighted by molar-refractivity contribution is 0.0378. The van der Waals surface area contributed by atoms with Gasteiger partial charge in [-0.3, -0.25) is 20.5 Å². The summed E-state index contributed by atoms with van der Waals surface area (Å²) in [6.07, 6.45) is 4.95. The molecule has 0 saturated carbocycles. The first-order chi connectivity index (χ1) is 8.97. The minimum Gasteiger partial charge on any atom is -0.379 e. The second-order valence-corrected chi connectivity index (χ2v) is 4.51. The van der Waals surface area contributed by atoms with Crippen molar-refractivity contribution in [2.75, 3.05) is 27.2 Å². The summed E-state index contributed by atoms with van der Waals surface area (Å²) in [6, 6.07) is 0. The zero-order valence-electron chi connectivity index (χ0n) is 12.4. The van der Waals surface area contributed by atoms with Crippen LogP contribution in [0.2, 0.25) is 0 Å². The van der Waals surface area contributed by atoms with Gasteiger partial charge in [0.05, 0.1) is 6.17 Å². The van der Waals surface area contributed by atoms with E-state index in [4.69, 9.17) is 0 Å². The molecule has 6 nitrogen and oxygen atoms in total. The second-order valence-electron chi connectivity index (χ2n) is 4.51. The van der Waals surface area contributed by atoms with E-state index in [-0.39, 0.29) is 6.17 Å². The first kappa shape index (κ1) is 18.2. The summed E-state index contributed by atoms with van der Waals surface area (Å²) >= 11 is 0. The van der Waals surface area contributed by atoms with Gasteiger partial charge >= 0.3 is 0 Å². The van der Waals surface area contributed by atoms with Crippen LogP contribution in [0.5, 0.6) is 0 Å². The maximum absolute atomic E-state index is 9.29. The molecule has 0 aromatic rings. The molecule has 0 fully saturated rings. The highest BCUT2D eigenvalue weighted by Crippen LogP contribution is 1.92. The highest BCUT2D eigenvalue weighted by Gasteiger charge is 2.03. The van der Waals surface area contributed by atoms with Crippen LogP contribution in [0.4, 0.5) is 0 Å². The zero-order valence-corrected chi connectivity index (χ0v) is 12.4. The maximum Gasteiger partial charge on any atom is 0.124 e. The van der Waals surface area contributed by atoms with E-state index in [1.54, 1.807) is 32.3 Å². The summed E-state index contributed by atoms with van der Waals surface area (Å²) in [4.78, 5) is 6.14. The average molecular weight is 272 g/mol. The minimum atomic E-state index is -0.634. The van der Waals surface area contributed by atoms with E-state index in [0.717, 1.165) is 19.5 Å². The summed E-state index contributed by atoms with van der Waals surface area (Å²) < 4.78 is 0. The van der Waals surface area contributed by atoms with Crippen LogP contribution in [0.1, 0.15) is 20.3 Å². The van der Waals surface area contributed by atoms with Gasteiger partial charge in [-0.25, -0.2) is 0 Å². The number of aliphatic hydroxyl groups is 2. The Morgan fingerprint density at radius 2 is 2.00 bits per heavy atom. The van der Waals surface area contributed by atoms with Gasteiger partial charge in [0.2, 0.25) is 0 Å². The number of nitrogens with zero attached hydrogens (tertiary/aromatic N) is 2. The molecule has 0 aliphatic heterocycles. The maximum atomic E-state index is 9.29. The van der Waals surface area contributed by atoms with Gasteiger partial charge in [0.1, 0.15) is 12.5 Å². The molecule has 0 bridgehead atoms. The van der Waals surface area contributed by atoms with E-state index < -0.39 is 12.5 Å². The summed E-state index contributed by atoms with van der Waals surface area (Å²) in [5, 5.41) is 24.4. The molecular weight excluding hydrogens is 244 g/mol. The van der Waals surface area contributed by atoms with E-state index in [1.807, 2.05) is 18.9 Å². The Kier molecular flexibility index (Phi) is 10.6. The quantitative estimate of drug-likeness (QED) is 0.250. The molecule has 0 rings (SSSR count). The third kappa shape index (κ3) is 10.8. The molecule has 0 saturated heterocycles. The van der Waals surface area contributed by atoms with Crippen molar-refractivity contribution in [2.24, 2.45) is 4.99 Å². The largest absolute Gasteiger partial charge is 0.379 e. The fraction of sp³-hybridized carbons (Fsp3) is 0.769. The molecule has 0 heterocycles. The summed E-state index contributed by atoms with van der Waals surface area (Å²) in [6.45, 7) is 5.41. The number of aliphatic imine (C=N–C) groups is 1. The van der Waals surface area contributed by atoms with Crippen LogP contribution in [-0.4, -0.2) is 67.1 Å². The smallest absolute Gasteiger partial charge is 0.124 e. The predicted molar refractivity (Wildman–Crippen MR) is 79.1 cm³/mol. The molecule has 19 heavy (non-hydrogen) atoms. The van der Waals surface area contributed by atoms with Crippen LogP contribution in [-0.2, 0) is 0 Å². The Hall–Kier alpha value is -0.790. The number of allylic oxidation sites excluding steroid dienone is 1. The highest BCUT2D eigenvalue weighted by molar-refractivity contribution is 5.71. The second kappa shape index (κ2) is 11.1. The first-order valence-electron chi connectivity index (χ1n) is 6.64. The minimum absolute atomic E-state index is 0.0354. The van der Waals surface area contributed by atoms with Gasteiger partial charge in [0, 0.05) is 12.8 Å². The van der Waals surface area contributed by atoms with Gasteiger partial charge < -0.3 is 10.2 Å². The molecule has 0 aromatic heterocycles. The van der Waals surface area contributed by atoms with Gasteiger partial charge in [-0.15, -0.1) is 0 Å². The number of rotatable bonds is 10. The molecule has 0 aliphatic carbocycles. The van der Waals surface area contributed by atoms with E-state index in [1.165, 1.54) is 0 Å². The lowest BCUT2D eigenvalue weighted by Crippen LogP contribution is -2.32. The summed E-state index contributed by atoms with van der Waals surface area (Å²) in [5.74, 6) is 0. The SMILES string of the molecule is CNC(O)/C=C/C=N\C(C)NCCCN(C)C(C)O. The standard InChI is InChI=1S/C13H28N4O2/c1-11(15-8-5-7-13(19)14-3)16-9-6-10-17(4)12(2)18/h5,7-8,11-14,16,18-19H,6,9-10H2,1-4H3/b7-5+,15-8-. The number of nitrogens with one attached hydrogen (secondary N) is 2. The van der Waals surface area contributed by atoms with Crippen molar-refractivity contribution in [3.63, 3.8) is 0 Å². The molecular formula is C13H28N4O2. The Bertz CT molecular complexity index is 269. The van der Waals surface area contributed by atoms with Crippen molar-refractivity contribution in [1.29, 1.82) is 0 Å². The molecule has 0 aliphatic rings. The molecule has 3 unspecified atom stereocenters. The van der Waals surface area contributed by atoms with Crippen LogP contribution < -0.4 is 10.6 Å². The normalized spacial score (nSPS) is 17.4. The predicted octanol–water partition coefficient (Wildman–Crippen LogP) is -0.253. The van der Waals surface area contributed by atoms with Crippen molar-refractivity contribution in [1.82, 2.24) is 15.5 Å². The molecule has 0 radical (unpaired) electrons. The third-order valence-corrected chi connectivity index (χ3v) is 2.75. The van der Waals surface area contributed by atoms with Crippen molar-refractivity contribution in [3.8, 4) is 0 Å². The Morgan fingerprint density at radius 3 is 2.58 bits per heavy atom. The van der Waals surface area contributed by atoms with Crippen LogP contribution in [0.25, 0.3) is 0 Å². The topological polar surface area (TPSA) is 80.1 Å². The van der Waals surface area contributed by atoms with Crippen LogP contribution in [0, 0.1) is 0 Å². The molecule has 0 amide bonds. The average Bonchev–Trinajstić information content (AvgIpc) is 2.38. The van der Waals surface area contributed by atoms with E-state index in [2.05, 4.69) is 15.6 Å². The monoisotopic (exact) mass is 272 g/mol. The van der Waals surface area contributed by atoms with Crippen LogP contribution in [0.3, 0.4) is 0 Å². The lowest BCUT2D eigenvalue weighted by atomic mass is 10.3. The van der Waals surface area contributed by atoms with Crippen molar-refractivity contribution >= 4 is 6.21 Å². The Balaban J connectivity index is 3.67. The van der Waals surface area contributed by atoms with Gasteiger partial charge in [0.25, 0.3) is 0 Å². The number of likely N-dealkylation sites (N-methyl/N-ethyl adjacent to an activating group) is 1. The third-order valence-electron chi connectivity index (χ3n) is 2.75. The summed E-state index contributed by atoms with van der Waals surface area (Å²) in [7, 11) is 3.57. The van der Waals surface area contributed by atoms with E-state index >= 15 is 0 Å². The Morgan fingerprint density at radius 1 is 1.32 bits per heavy atom. The molecule has 0 aromatic carbocycles. The van der Waals surface area contributed by atoms with Crippen LogP contribution in [0.15, 0.2) is 17.1 Å². The molecule has 3 atom stereocenters. The van der Waals surface area contributed by atoms with Crippen LogP contribution >= 0.6 is 0 Å². The fourth-order valence-electron chi connectivity index (χ4n) is 1.31. The van der Waals surface area contributed by atoms with Gasteiger partial charge in [0.15, 0.2) is 0 Å². The molecule has 4 N–H and O–H groups in total. The number of hydrogen-bond donors (Lipinski definition) is 4. The van der Waals surface area contributed by atoms with Crippen molar-refractivity contribution < 1.29 is 10.2 Å².